The van der Waals surface area contributed by atoms with E-state index in [9.17, 15) is 4.79 Å². The normalized spacial score (nSPS) is 23.9. The quantitative estimate of drug-likeness (QED) is 0.733. The smallest absolute Gasteiger partial charge is 0.415 e. The predicted molar refractivity (Wildman–Crippen MR) is 63.1 cm³/mol. The minimum atomic E-state index is -0.344. The zero-order valence-electron chi connectivity index (χ0n) is 10.1. The highest BCUT2D eigenvalue weighted by Gasteiger charge is 2.48. The van der Waals surface area contributed by atoms with E-state index in [-0.39, 0.29) is 11.7 Å². The predicted octanol–water partition coefficient (Wildman–Crippen LogP) is 3.46. The number of carbonyl (C=O) groups is 1. The lowest BCUT2D eigenvalue weighted by molar-refractivity contribution is 0.0401. The van der Waals surface area contributed by atoms with E-state index in [0.29, 0.717) is 0 Å². The SMILES string of the molecule is C=C1N(CCCC)C(=O)OC12CCCCC2. The van der Waals surface area contributed by atoms with Crippen LogP contribution >= 0.6 is 0 Å². The van der Waals surface area contributed by atoms with Crippen LogP contribution in [0, 0.1) is 0 Å². The maximum atomic E-state index is 11.8. The van der Waals surface area contributed by atoms with Crippen molar-refractivity contribution in [3.05, 3.63) is 12.3 Å². The van der Waals surface area contributed by atoms with E-state index in [1.165, 1.54) is 6.42 Å². The second kappa shape index (κ2) is 4.48. The summed E-state index contributed by atoms with van der Waals surface area (Å²) in [6, 6.07) is 0. The van der Waals surface area contributed by atoms with Gasteiger partial charge < -0.3 is 4.74 Å². The van der Waals surface area contributed by atoms with Gasteiger partial charge in [0, 0.05) is 6.54 Å². The van der Waals surface area contributed by atoms with Crippen molar-refractivity contribution in [1.29, 1.82) is 0 Å². The number of amides is 1. The molecule has 0 aromatic rings. The molecule has 0 aromatic carbocycles. The van der Waals surface area contributed by atoms with Crippen molar-refractivity contribution in [2.75, 3.05) is 6.54 Å². The van der Waals surface area contributed by atoms with Gasteiger partial charge in [-0.05, 0) is 32.1 Å². The van der Waals surface area contributed by atoms with E-state index in [4.69, 9.17) is 4.74 Å². The molecule has 0 unspecified atom stereocenters. The lowest BCUT2D eigenvalue weighted by atomic mass is 9.83. The Morgan fingerprint density at radius 2 is 2.06 bits per heavy atom. The minimum absolute atomic E-state index is 0.180. The van der Waals surface area contributed by atoms with E-state index < -0.39 is 0 Å². The van der Waals surface area contributed by atoms with Crippen LogP contribution in [0.2, 0.25) is 0 Å². The highest BCUT2D eigenvalue weighted by atomic mass is 16.6. The first-order valence-electron chi connectivity index (χ1n) is 6.39. The standard InChI is InChI=1S/C13H21NO2/c1-3-4-10-14-11(2)13(16-12(14)15)8-6-5-7-9-13/h2-10H2,1H3. The third kappa shape index (κ3) is 1.83. The molecule has 2 fully saturated rings. The van der Waals surface area contributed by atoms with E-state index in [1.54, 1.807) is 4.90 Å². The van der Waals surface area contributed by atoms with Crippen LogP contribution in [0.3, 0.4) is 0 Å². The van der Waals surface area contributed by atoms with Gasteiger partial charge in [0.2, 0.25) is 0 Å². The highest BCUT2D eigenvalue weighted by Crippen LogP contribution is 2.43. The molecule has 1 saturated carbocycles. The first-order chi connectivity index (χ1) is 7.69. The molecule has 3 heteroatoms. The summed E-state index contributed by atoms with van der Waals surface area (Å²) in [6.07, 6.45) is 7.39. The van der Waals surface area contributed by atoms with Crippen LogP contribution in [0.5, 0.6) is 0 Å². The molecule has 0 N–H and O–H groups in total. The van der Waals surface area contributed by atoms with E-state index in [0.717, 1.165) is 50.8 Å². The van der Waals surface area contributed by atoms with Crippen LogP contribution in [-0.2, 0) is 4.74 Å². The average Bonchev–Trinajstić information content (AvgIpc) is 2.50. The summed E-state index contributed by atoms with van der Waals surface area (Å²) in [5, 5.41) is 0. The fraction of sp³-hybridized carbons (Fsp3) is 0.769. The van der Waals surface area contributed by atoms with Crippen molar-refractivity contribution in [3.63, 3.8) is 0 Å². The van der Waals surface area contributed by atoms with Gasteiger partial charge in [-0.25, -0.2) is 4.79 Å². The molecule has 0 aromatic heterocycles. The van der Waals surface area contributed by atoms with Crippen LogP contribution in [0.4, 0.5) is 4.79 Å². The van der Waals surface area contributed by atoms with Crippen LogP contribution in [0.25, 0.3) is 0 Å². The fourth-order valence-electron chi connectivity index (χ4n) is 2.69. The first-order valence-corrected chi connectivity index (χ1v) is 6.39. The van der Waals surface area contributed by atoms with Crippen molar-refractivity contribution in [3.8, 4) is 0 Å². The molecule has 16 heavy (non-hydrogen) atoms. The Balaban J connectivity index is 2.08. The summed E-state index contributed by atoms with van der Waals surface area (Å²) < 4.78 is 5.60. The lowest BCUT2D eigenvalue weighted by Crippen LogP contribution is -2.34. The molecule has 1 spiro atoms. The molecule has 1 aliphatic carbocycles. The molecule has 90 valence electrons. The van der Waals surface area contributed by atoms with Gasteiger partial charge in [0.15, 0.2) is 5.60 Å². The fourth-order valence-corrected chi connectivity index (χ4v) is 2.69. The van der Waals surface area contributed by atoms with Gasteiger partial charge in [0.05, 0.1) is 5.70 Å². The summed E-state index contributed by atoms with van der Waals surface area (Å²) in [5.41, 5.74) is 0.564. The maximum Gasteiger partial charge on any atom is 0.415 e. The van der Waals surface area contributed by atoms with Gasteiger partial charge in [0.1, 0.15) is 0 Å². The third-order valence-electron chi connectivity index (χ3n) is 3.75. The van der Waals surface area contributed by atoms with E-state index in [2.05, 4.69) is 13.5 Å². The summed E-state index contributed by atoms with van der Waals surface area (Å²) in [5.74, 6) is 0. The molecule has 1 saturated heterocycles. The van der Waals surface area contributed by atoms with Crippen LogP contribution in [0.1, 0.15) is 51.9 Å². The Morgan fingerprint density at radius 1 is 1.38 bits per heavy atom. The molecule has 1 amide bonds. The molecule has 0 atom stereocenters. The van der Waals surface area contributed by atoms with Gasteiger partial charge in [-0.15, -0.1) is 0 Å². The third-order valence-corrected chi connectivity index (χ3v) is 3.75. The lowest BCUT2D eigenvalue weighted by Gasteiger charge is -2.32. The Bertz CT molecular complexity index is 292. The Morgan fingerprint density at radius 3 is 2.69 bits per heavy atom. The summed E-state index contributed by atoms with van der Waals surface area (Å²) in [7, 11) is 0. The minimum Gasteiger partial charge on any atom is -0.436 e. The van der Waals surface area contributed by atoms with Gasteiger partial charge >= 0.3 is 6.09 Å². The van der Waals surface area contributed by atoms with Crippen LogP contribution < -0.4 is 0 Å². The van der Waals surface area contributed by atoms with Crippen molar-refractivity contribution >= 4 is 6.09 Å². The second-order valence-electron chi connectivity index (χ2n) is 4.87. The number of ether oxygens (including phenoxy) is 1. The molecule has 3 nitrogen and oxygen atoms in total. The summed E-state index contributed by atoms with van der Waals surface area (Å²) >= 11 is 0. The number of nitrogens with zero attached hydrogens (tertiary/aromatic N) is 1. The summed E-state index contributed by atoms with van der Waals surface area (Å²) in [6.45, 7) is 6.98. The number of unbranched alkanes of at least 4 members (excludes halogenated alkanes) is 1. The van der Waals surface area contributed by atoms with Crippen molar-refractivity contribution in [2.24, 2.45) is 0 Å². The highest BCUT2D eigenvalue weighted by molar-refractivity contribution is 5.74. The number of hydrogen-bond donors (Lipinski definition) is 0. The van der Waals surface area contributed by atoms with Gasteiger partial charge in [-0.2, -0.15) is 0 Å². The van der Waals surface area contributed by atoms with Crippen LogP contribution in [-0.4, -0.2) is 23.1 Å². The molecule has 1 aliphatic heterocycles. The maximum absolute atomic E-state index is 11.8. The van der Waals surface area contributed by atoms with Gasteiger partial charge in [-0.1, -0.05) is 26.3 Å². The molecule has 2 rings (SSSR count). The molecule has 0 radical (unpaired) electrons. The van der Waals surface area contributed by atoms with E-state index >= 15 is 0 Å². The van der Waals surface area contributed by atoms with Crippen molar-refractivity contribution in [2.45, 2.75) is 57.5 Å². The first kappa shape index (κ1) is 11.5. The van der Waals surface area contributed by atoms with Crippen molar-refractivity contribution < 1.29 is 9.53 Å². The van der Waals surface area contributed by atoms with E-state index in [1.807, 2.05) is 0 Å². The van der Waals surface area contributed by atoms with Gasteiger partial charge in [0.25, 0.3) is 0 Å². The number of hydrogen-bond acceptors (Lipinski definition) is 2. The monoisotopic (exact) mass is 223 g/mol. The largest absolute Gasteiger partial charge is 0.436 e. The Hall–Kier alpha value is -0.990. The number of carbonyl (C=O) groups excluding carboxylic acids is 1. The summed E-state index contributed by atoms with van der Waals surface area (Å²) in [4.78, 5) is 13.6. The van der Waals surface area contributed by atoms with Gasteiger partial charge in [-0.3, -0.25) is 4.90 Å². The average molecular weight is 223 g/mol. The zero-order valence-corrected chi connectivity index (χ0v) is 10.1. The molecule has 2 aliphatic rings. The molecule has 1 heterocycles. The second-order valence-corrected chi connectivity index (χ2v) is 4.87. The zero-order chi connectivity index (χ0) is 11.6. The molecule has 0 bridgehead atoms. The Labute approximate surface area is 97.5 Å². The topological polar surface area (TPSA) is 29.5 Å². The molecular weight excluding hydrogens is 202 g/mol. The number of rotatable bonds is 3. The Kier molecular flexibility index (Phi) is 3.22. The van der Waals surface area contributed by atoms with Crippen LogP contribution in [0.15, 0.2) is 12.3 Å². The van der Waals surface area contributed by atoms with Crippen molar-refractivity contribution in [1.82, 2.24) is 4.90 Å². The molecular formula is C13H21NO2.